The molecule has 0 fully saturated rings. The van der Waals surface area contributed by atoms with Crippen LogP contribution in [0.15, 0.2) is 219 Å². The smallest absolute Gasteiger partial charge is 0.0991 e. The Labute approximate surface area is 369 Å². The lowest BCUT2D eigenvalue weighted by molar-refractivity contribution is 1.09. The molecule has 0 unspecified atom stereocenters. The van der Waals surface area contributed by atoms with Crippen LogP contribution in [0.5, 0.6) is 0 Å². The lowest BCUT2D eigenvalue weighted by Crippen LogP contribution is -2.05. The second-order valence-electron chi connectivity index (χ2n) is 15.9. The molecule has 12 aromatic rings. The largest absolute Gasteiger partial charge is 0.307 e. The fraction of sp³-hybridized carbons (Fsp3) is 0. The van der Waals surface area contributed by atoms with Crippen LogP contribution < -0.4 is 0 Å². The quantitative estimate of drug-likeness (QED) is 0.161. The van der Waals surface area contributed by atoms with Crippen molar-refractivity contribution in [2.24, 2.45) is 0 Å². The Bertz CT molecular complexity index is 3580. The highest BCUT2D eigenvalue weighted by Crippen LogP contribution is 2.44. The van der Waals surface area contributed by atoms with Gasteiger partial charge in [0.15, 0.2) is 0 Å². The molecule has 298 valence electrons. The normalized spacial score (nSPS) is 11.4. The number of benzene rings is 7. The van der Waals surface area contributed by atoms with Gasteiger partial charge in [0.1, 0.15) is 0 Å². The molecule has 0 spiro atoms. The summed E-state index contributed by atoms with van der Waals surface area (Å²) >= 11 is 0. The summed E-state index contributed by atoms with van der Waals surface area (Å²) in [5, 5.41) is 14.8. The third kappa shape index (κ3) is 5.99. The van der Waals surface area contributed by atoms with E-state index in [4.69, 9.17) is 15.0 Å². The lowest BCUT2D eigenvalue weighted by atomic mass is 9.98. The van der Waals surface area contributed by atoms with Crippen molar-refractivity contribution in [2.45, 2.75) is 0 Å². The van der Waals surface area contributed by atoms with Crippen molar-refractivity contribution in [3.8, 4) is 73.3 Å². The fourth-order valence-electron chi connectivity index (χ4n) is 9.54. The van der Waals surface area contributed by atoms with Gasteiger partial charge in [-0.2, -0.15) is 5.26 Å². The number of fused-ring (bicyclic) bond motifs is 6. The second-order valence-corrected chi connectivity index (χ2v) is 15.9. The number of nitriles is 1. The van der Waals surface area contributed by atoms with Crippen molar-refractivity contribution >= 4 is 43.6 Å². The zero-order valence-electron chi connectivity index (χ0n) is 34.5. The van der Waals surface area contributed by atoms with Crippen LogP contribution in [0.4, 0.5) is 0 Å². The molecule has 5 heterocycles. The Kier molecular flexibility index (Phi) is 8.77. The van der Waals surface area contributed by atoms with Gasteiger partial charge in [-0.05, 0) is 65.2 Å². The van der Waals surface area contributed by atoms with Crippen LogP contribution in [-0.4, -0.2) is 24.1 Å². The molecule has 0 amide bonds. The Hall–Kier alpha value is -8.92. The zero-order valence-corrected chi connectivity index (χ0v) is 34.5. The van der Waals surface area contributed by atoms with E-state index in [1.54, 1.807) is 0 Å². The Morgan fingerprint density at radius 2 is 0.844 bits per heavy atom. The number of hydrogen-bond acceptors (Lipinski definition) is 4. The van der Waals surface area contributed by atoms with E-state index < -0.39 is 0 Å². The average molecular weight is 817 g/mol. The first-order valence-corrected chi connectivity index (χ1v) is 21.3. The van der Waals surface area contributed by atoms with E-state index in [9.17, 15) is 5.26 Å². The molecular formula is C58H36N6. The minimum absolute atomic E-state index is 0.579. The highest BCUT2D eigenvalue weighted by atomic mass is 15.0. The zero-order chi connectivity index (χ0) is 42.6. The maximum atomic E-state index is 10.3. The average Bonchev–Trinajstić information content (AvgIpc) is 3.88. The maximum Gasteiger partial charge on any atom is 0.0991 e. The summed E-state index contributed by atoms with van der Waals surface area (Å²) in [7, 11) is 0. The highest BCUT2D eigenvalue weighted by molar-refractivity contribution is 6.13. The Morgan fingerprint density at radius 1 is 0.375 bits per heavy atom. The molecule has 6 nitrogen and oxygen atoms in total. The molecule has 7 aromatic carbocycles. The number of pyridine rings is 3. The Balaban J connectivity index is 1.16. The first-order valence-electron chi connectivity index (χ1n) is 21.3. The molecule has 0 saturated heterocycles. The van der Waals surface area contributed by atoms with Crippen molar-refractivity contribution in [1.29, 1.82) is 5.26 Å². The molecule has 6 heteroatoms. The van der Waals surface area contributed by atoms with Gasteiger partial charge in [-0.25, -0.2) is 0 Å². The molecule has 0 bridgehead atoms. The molecule has 12 rings (SSSR count). The molecule has 0 aliphatic rings. The molecular weight excluding hydrogens is 781 g/mol. The van der Waals surface area contributed by atoms with Crippen molar-refractivity contribution in [2.75, 3.05) is 0 Å². The molecule has 0 radical (unpaired) electrons. The van der Waals surface area contributed by atoms with Gasteiger partial charge >= 0.3 is 0 Å². The van der Waals surface area contributed by atoms with Gasteiger partial charge in [0.25, 0.3) is 0 Å². The third-order valence-electron chi connectivity index (χ3n) is 12.3. The predicted octanol–water partition coefficient (Wildman–Crippen LogP) is 14.3. The van der Waals surface area contributed by atoms with E-state index in [-0.39, 0.29) is 0 Å². The molecule has 0 aliphatic carbocycles. The number of rotatable bonds is 7. The first-order chi connectivity index (χ1) is 31.7. The van der Waals surface area contributed by atoms with Gasteiger partial charge in [-0.3, -0.25) is 15.0 Å². The van der Waals surface area contributed by atoms with Crippen LogP contribution in [0.3, 0.4) is 0 Å². The monoisotopic (exact) mass is 816 g/mol. The van der Waals surface area contributed by atoms with Gasteiger partial charge in [0.05, 0.1) is 68.9 Å². The maximum absolute atomic E-state index is 10.3. The minimum atomic E-state index is 0.579. The summed E-state index contributed by atoms with van der Waals surface area (Å²) in [4.78, 5) is 14.9. The van der Waals surface area contributed by atoms with E-state index in [1.807, 2.05) is 67.3 Å². The Morgan fingerprint density at radius 3 is 1.36 bits per heavy atom. The number of nitrogens with zero attached hydrogens (tertiary/aromatic N) is 6. The van der Waals surface area contributed by atoms with Crippen molar-refractivity contribution in [1.82, 2.24) is 24.1 Å². The summed E-state index contributed by atoms with van der Waals surface area (Å²) in [6.45, 7) is 0. The molecule has 5 aromatic heterocycles. The topological polar surface area (TPSA) is 72.3 Å². The standard InChI is InChI=1S/C58H36N6/c59-35-38-14-11-19-43(32-38)56-54(63-50-24-9-7-20-46(50)48-28-26-41(33-52(48)63)44-22-12-30-61-57(44)39-15-3-1-4-16-39)36-60-37-55(56)64-51-25-10-8-21-47(51)49-29-27-42(34-53(49)64)45-23-13-31-62-58(45)40-17-5-2-6-18-40/h1-34,36-37H. The van der Waals surface area contributed by atoms with Crippen molar-refractivity contribution < 1.29 is 0 Å². The predicted molar refractivity (Wildman–Crippen MR) is 260 cm³/mol. The molecule has 0 N–H and O–H groups in total. The van der Waals surface area contributed by atoms with Gasteiger partial charge < -0.3 is 9.13 Å². The van der Waals surface area contributed by atoms with Crippen LogP contribution in [-0.2, 0) is 0 Å². The van der Waals surface area contributed by atoms with Gasteiger partial charge in [0.2, 0.25) is 0 Å². The summed E-state index contributed by atoms with van der Waals surface area (Å²) < 4.78 is 4.69. The number of aromatic nitrogens is 5. The second kappa shape index (κ2) is 15.2. The van der Waals surface area contributed by atoms with Gasteiger partial charge in [-0.1, -0.05) is 146 Å². The van der Waals surface area contributed by atoms with Crippen LogP contribution in [0.1, 0.15) is 5.56 Å². The molecule has 0 aliphatic heterocycles. The number of hydrogen-bond donors (Lipinski definition) is 0. The van der Waals surface area contributed by atoms with E-state index in [1.165, 1.54) is 0 Å². The van der Waals surface area contributed by atoms with Crippen molar-refractivity contribution in [3.05, 3.63) is 224 Å². The SMILES string of the molecule is N#Cc1cccc(-c2c(-n3c4ccccc4c4ccc(-c5cccnc5-c5ccccc5)cc43)cncc2-n2c3ccccc3c3ccc(-c4cccnc4-c4ccccc4)cc32)c1. The van der Waals surface area contributed by atoms with Gasteiger partial charge in [-0.15, -0.1) is 0 Å². The van der Waals surface area contributed by atoms with E-state index in [2.05, 4.69) is 167 Å². The molecule has 64 heavy (non-hydrogen) atoms. The summed E-state index contributed by atoms with van der Waals surface area (Å²) in [6, 6.07) is 69.9. The van der Waals surface area contributed by atoms with Crippen LogP contribution in [0, 0.1) is 11.3 Å². The van der Waals surface area contributed by atoms with Crippen LogP contribution in [0.25, 0.3) is 111 Å². The fourth-order valence-corrected chi connectivity index (χ4v) is 9.54. The van der Waals surface area contributed by atoms with Crippen LogP contribution in [0.2, 0.25) is 0 Å². The van der Waals surface area contributed by atoms with E-state index >= 15 is 0 Å². The number of para-hydroxylation sites is 2. The van der Waals surface area contributed by atoms with E-state index in [0.717, 1.165) is 111 Å². The lowest BCUT2D eigenvalue weighted by Gasteiger charge is -2.20. The minimum Gasteiger partial charge on any atom is -0.307 e. The van der Waals surface area contributed by atoms with E-state index in [0.29, 0.717) is 5.56 Å². The van der Waals surface area contributed by atoms with Gasteiger partial charge in [0, 0.05) is 61.8 Å². The van der Waals surface area contributed by atoms with Crippen LogP contribution >= 0.6 is 0 Å². The summed E-state index contributed by atoms with van der Waals surface area (Å²) in [5.74, 6) is 0. The highest BCUT2D eigenvalue weighted by Gasteiger charge is 2.24. The summed E-state index contributed by atoms with van der Waals surface area (Å²) in [6.07, 6.45) is 7.65. The summed E-state index contributed by atoms with van der Waals surface area (Å²) in [5.41, 5.74) is 16.6. The molecule has 0 saturated carbocycles. The third-order valence-corrected chi connectivity index (χ3v) is 12.3. The van der Waals surface area contributed by atoms with Crippen molar-refractivity contribution in [3.63, 3.8) is 0 Å². The first kappa shape index (κ1) is 36.9. The molecule has 0 atom stereocenters.